The molecule has 1 fully saturated rings. The van der Waals surface area contributed by atoms with Crippen molar-refractivity contribution in [3.05, 3.63) is 0 Å². The average molecular weight is 240 g/mol. The lowest BCUT2D eigenvalue weighted by atomic mass is 9.98. The molecule has 0 aromatic rings. The lowest BCUT2D eigenvalue weighted by Crippen LogP contribution is -2.58. The Morgan fingerprint density at radius 3 is 2.50 bits per heavy atom. The molecule has 1 aliphatic rings. The molecule has 1 saturated heterocycles. The second-order valence-corrected chi connectivity index (χ2v) is 3.49. The van der Waals surface area contributed by atoms with Gasteiger partial charge in [0.15, 0.2) is 0 Å². The van der Waals surface area contributed by atoms with Crippen molar-refractivity contribution in [1.82, 2.24) is 10.6 Å². The van der Waals surface area contributed by atoms with Crippen LogP contribution in [0.5, 0.6) is 0 Å². The monoisotopic (exact) mass is 240 g/mol. The van der Waals surface area contributed by atoms with Gasteiger partial charge in [0.05, 0.1) is 6.04 Å². The van der Waals surface area contributed by atoms with Gasteiger partial charge in [0.25, 0.3) is 0 Å². The number of carboxylic acids is 1. The van der Waals surface area contributed by atoms with E-state index in [0.29, 0.717) is 13.0 Å². The van der Waals surface area contributed by atoms with Crippen molar-refractivity contribution < 1.29 is 27.9 Å². The maximum atomic E-state index is 12.0. The molecule has 0 saturated carbocycles. The largest absolute Gasteiger partial charge is 0.480 e. The highest BCUT2D eigenvalue weighted by atomic mass is 19.4. The first kappa shape index (κ1) is 12.8. The molecule has 1 aliphatic heterocycles. The Hall–Kier alpha value is -1.31. The molecule has 0 aromatic heterocycles. The molecule has 1 rings (SSSR count). The highest BCUT2D eigenvalue weighted by Gasteiger charge is 2.42. The van der Waals surface area contributed by atoms with Crippen molar-refractivity contribution in [1.29, 1.82) is 0 Å². The first-order valence-corrected chi connectivity index (χ1v) is 4.66. The fraction of sp³-hybridized carbons (Fsp3) is 0.750. The van der Waals surface area contributed by atoms with Crippen LogP contribution in [-0.4, -0.2) is 41.8 Å². The summed E-state index contributed by atoms with van der Waals surface area (Å²) >= 11 is 0. The Kier molecular flexibility index (Phi) is 3.74. The Morgan fingerprint density at radius 1 is 1.38 bits per heavy atom. The molecule has 5 nitrogen and oxygen atoms in total. The molecular weight excluding hydrogens is 229 g/mol. The predicted molar refractivity (Wildman–Crippen MR) is 46.6 cm³/mol. The summed E-state index contributed by atoms with van der Waals surface area (Å²) in [5.41, 5.74) is 0. The Bertz CT molecular complexity index is 293. The fourth-order valence-electron chi connectivity index (χ4n) is 1.55. The molecule has 0 radical (unpaired) electrons. The van der Waals surface area contributed by atoms with Crippen LogP contribution in [-0.2, 0) is 9.59 Å². The zero-order valence-corrected chi connectivity index (χ0v) is 8.17. The van der Waals surface area contributed by atoms with Gasteiger partial charge in [0.1, 0.15) is 6.04 Å². The minimum atomic E-state index is -4.99. The molecule has 3 N–H and O–H groups in total. The summed E-state index contributed by atoms with van der Waals surface area (Å²) in [6.07, 6.45) is -4.25. The lowest BCUT2D eigenvalue weighted by molar-refractivity contribution is -0.175. The molecule has 0 aliphatic carbocycles. The number of alkyl halides is 3. The number of rotatable bonds is 2. The smallest absolute Gasteiger partial charge is 0.471 e. The second kappa shape index (κ2) is 4.69. The van der Waals surface area contributed by atoms with Gasteiger partial charge in [-0.15, -0.1) is 0 Å². The number of amides is 1. The minimum Gasteiger partial charge on any atom is -0.480 e. The van der Waals surface area contributed by atoms with E-state index < -0.39 is 30.1 Å². The molecule has 1 amide bonds. The van der Waals surface area contributed by atoms with Gasteiger partial charge in [-0.25, -0.2) is 0 Å². The van der Waals surface area contributed by atoms with Crippen LogP contribution in [0.15, 0.2) is 0 Å². The molecule has 0 spiro atoms. The average Bonchev–Trinajstić information content (AvgIpc) is 2.16. The van der Waals surface area contributed by atoms with E-state index in [0.717, 1.165) is 0 Å². The number of carbonyl (C=O) groups excluding carboxylic acids is 1. The number of carbonyl (C=O) groups is 2. The van der Waals surface area contributed by atoms with Gasteiger partial charge in [0.2, 0.25) is 0 Å². The number of nitrogens with one attached hydrogen (secondary N) is 2. The summed E-state index contributed by atoms with van der Waals surface area (Å²) in [5, 5.41) is 13.0. The molecule has 16 heavy (non-hydrogen) atoms. The van der Waals surface area contributed by atoms with Crippen molar-refractivity contribution in [2.75, 3.05) is 6.54 Å². The molecule has 1 heterocycles. The van der Waals surface area contributed by atoms with Gasteiger partial charge in [0, 0.05) is 0 Å². The minimum absolute atomic E-state index is 0.214. The highest BCUT2D eigenvalue weighted by molar-refractivity contribution is 5.83. The third kappa shape index (κ3) is 3.09. The van der Waals surface area contributed by atoms with Gasteiger partial charge in [-0.05, 0) is 19.4 Å². The number of aliphatic carboxylic acids is 1. The predicted octanol–water partition coefficient (Wildman–Crippen LogP) is -0.130. The quantitative estimate of drug-likeness (QED) is 0.628. The van der Waals surface area contributed by atoms with Crippen LogP contribution >= 0.6 is 0 Å². The molecule has 2 atom stereocenters. The Labute approximate surface area is 89.0 Å². The molecular formula is C8H11F3N2O3. The van der Waals surface area contributed by atoms with Gasteiger partial charge < -0.3 is 15.7 Å². The van der Waals surface area contributed by atoms with Crippen molar-refractivity contribution in [3.8, 4) is 0 Å². The van der Waals surface area contributed by atoms with Crippen molar-refractivity contribution in [2.45, 2.75) is 31.1 Å². The van der Waals surface area contributed by atoms with Gasteiger partial charge in [-0.1, -0.05) is 0 Å². The van der Waals surface area contributed by atoms with E-state index in [1.165, 1.54) is 0 Å². The topological polar surface area (TPSA) is 78.4 Å². The summed E-state index contributed by atoms with van der Waals surface area (Å²) in [6.45, 7) is 0.412. The molecule has 0 aromatic carbocycles. The van der Waals surface area contributed by atoms with E-state index in [2.05, 4.69) is 5.32 Å². The van der Waals surface area contributed by atoms with Crippen LogP contribution in [0.3, 0.4) is 0 Å². The lowest BCUT2D eigenvalue weighted by Gasteiger charge is -2.30. The Morgan fingerprint density at radius 2 is 2.00 bits per heavy atom. The summed E-state index contributed by atoms with van der Waals surface area (Å²) in [4.78, 5) is 21.3. The number of piperidine rings is 1. The normalized spacial score (nSPS) is 26.2. The second-order valence-electron chi connectivity index (χ2n) is 3.49. The third-order valence-electron chi connectivity index (χ3n) is 2.30. The van der Waals surface area contributed by atoms with E-state index >= 15 is 0 Å². The van der Waals surface area contributed by atoms with Crippen molar-refractivity contribution in [3.63, 3.8) is 0 Å². The summed E-state index contributed by atoms with van der Waals surface area (Å²) in [7, 11) is 0. The summed E-state index contributed by atoms with van der Waals surface area (Å²) in [5.74, 6) is -3.38. The first-order valence-electron chi connectivity index (χ1n) is 4.66. The zero-order chi connectivity index (χ0) is 12.3. The number of hydrogen-bond donors (Lipinski definition) is 3. The third-order valence-corrected chi connectivity index (χ3v) is 2.30. The maximum Gasteiger partial charge on any atom is 0.471 e. The van der Waals surface area contributed by atoms with Crippen LogP contribution in [0.25, 0.3) is 0 Å². The van der Waals surface area contributed by atoms with Gasteiger partial charge in [-0.3, -0.25) is 9.59 Å². The van der Waals surface area contributed by atoms with Gasteiger partial charge >= 0.3 is 18.1 Å². The summed E-state index contributed by atoms with van der Waals surface area (Å²) in [6, 6.07) is -2.19. The van der Waals surface area contributed by atoms with Crippen LogP contribution < -0.4 is 10.6 Å². The standard InChI is InChI=1S/C8H11F3N2O3/c9-8(10,11)7(16)13-4-2-1-3-12-5(4)6(14)15/h4-5,12H,1-3H2,(H,13,16)(H,14,15). The Balaban J connectivity index is 2.63. The van der Waals surface area contributed by atoms with Crippen LogP contribution in [0.2, 0.25) is 0 Å². The molecule has 92 valence electrons. The van der Waals surface area contributed by atoms with E-state index in [4.69, 9.17) is 5.11 Å². The van der Waals surface area contributed by atoms with E-state index in [-0.39, 0.29) is 6.42 Å². The summed E-state index contributed by atoms with van der Waals surface area (Å²) < 4.78 is 35.9. The van der Waals surface area contributed by atoms with E-state index in [1.807, 2.05) is 0 Å². The number of carboxylic acid groups (broad SMARTS) is 1. The fourth-order valence-corrected chi connectivity index (χ4v) is 1.55. The zero-order valence-electron chi connectivity index (χ0n) is 8.17. The highest BCUT2D eigenvalue weighted by Crippen LogP contribution is 2.17. The van der Waals surface area contributed by atoms with Gasteiger partial charge in [-0.2, -0.15) is 13.2 Å². The first-order chi connectivity index (χ1) is 7.32. The number of hydrogen-bond acceptors (Lipinski definition) is 3. The van der Waals surface area contributed by atoms with Crippen molar-refractivity contribution in [2.24, 2.45) is 0 Å². The molecule has 8 heteroatoms. The maximum absolute atomic E-state index is 12.0. The van der Waals surface area contributed by atoms with Crippen molar-refractivity contribution >= 4 is 11.9 Å². The van der Waals surface area contributed by atoms with E-state index in [9.17, 15) is 22.8 Å². The molecule has 2 unspecified atom stereocenters. The molecule has 0 bridgehead atoms. The van der Waals surface area contributed by atoms with Crippen LogP contribution in [0.1, 0.15) is 12.8 Å². The number of halogens is 3. The van der Waals surface area contributed by atoms with E-state index in [1.54, 1.807) is 5.32 Å². The van der Waals surface area contributed by atoms with Crippen LogP contribution in [0.4, 0.5) is 13.2 Å². The van der Waals surface area contributed by atoms with Crippen LogP contribution in [0, 0.1) is 0 Å². The SMILES string of the molecule is O=C(O)C1NCCCC1NC(=O)C(F)(F)F.